The summed E-state index contributed by atoms with van der Waals surface area (Å²) in [6, 6.07) is 0. The van der Waals surface area contributed by atoms with Gasteiger partial charge in [0, 0.05) is 0 Å². The third kappa shape index (κ3) is 2.12. The zero-order chi connectivity index (χ0) is 12.6. The van der Waals surface area contributed by atoms with Crippen molar-refractivity contribution < 1.29 is 9.13 Å². The van der Waals surface area contributed by atoms with Crippen LogP contribution in [0.3, 0.4) is 0 Å². The standard InChI is InChI=1S/C9H6Cl2FN3OS/c1-16-8-3-5(4(12)7(11)14-8)13-9(17-2)15-6(3)10/h1-2H3. The summed E-state index contributed by atoms with van der Waals surface area (Å²) in [5, 5.41) is 0.343. The Morgan fingerprint density at radius 3 is 2.47 bits per heavy atom. The predicted molar refractivity (Wildman–Crippen MR) is 65.6 cm³/mol. The van der Waals surface area contributed by atoms with Crippen molar-refractivity contribution in [3.8, 4) is 5.88 Å². The van der Waals surface area contributed by atoms with Crippen LogP contribution in [0.1, 0.15) is 0 Å². The minimum Gasteiger partial charge on any atom is -0.480 e. The van der Waals surface area contributed by atoms with Gasteiger partial charge in [0.25, 0.3) is 0 Å². The lowest BCUT2D eigenvalue weighted by atomic mass is 10.3. The number of thioether (sulfide) groups is 1. The summed E-state index contributed by atoms with van der Waals surface area (Å²) < 4.78 is 18.8. The number of rotatable bonds is 2. The van der Waals surface area contributed by atoms with Crippen LogP contribution < -0.4 is 4.74 Å². The van der Waals surface area contributed by atoms with Gasteiger partial charge < -0.3 is 4.74 Å². The van der Waals surface area contributed by atoms with Crippen LogP contribution in [0.4, 0.5) is 4.39 Å². The second-order valence-corrected chi connectivity index (χ2v) is 4.44. The van der Waals surface area contributed by atoms with Gasteiger partial charge in [0.2, 0.25) is 5.88 Å². The summed E-state index contributed by atoms with van der Waals surface area (Å²) >= 11 is 12.8. The fourth-order valence-electron chi connectivity index (χ4n) is 1.29. The van der Waals surface area contributed by atoms with Gasteiger partial charge in [-0.05, 0) is 6.26 Å². The number of methoxy groups -OCH3 is 1. The van der Waals surface area contributed by atoms with Crippen molar-refractivity contribution >= 4 is 45.9 Å². The summed E-state index contributed by atoms with van der Waals surface area (Å²) in [5.74, 6) is -0.633. The average molecular weight is 294 g/mol. The molecule has 0 unspecified atom stereocenters. The van der Waals surface area contributed by atoms with Crippen molar-refractivity contribution in [2.24, 2.45) is 0 Å². The molecule has 0 aliphatic carbocycles. The fraction of sp³-hybridized carbons (Fsp3) is 0.222. The highest BCUT2D eigenvalue weighted by Crippen LogP contribution is 2.33. The van der Waals surface area contributed by atoms with Gasteiger partial charge in [0.1, 0.15) is 16.1 Å². The first-order valence-corrected chi connectivity index (χ1v) is 6.36. The van der Waals surface area contributed by atoms with Gasteiger partial charge in [-0.3, -0.25) is 0 Å². The molecule has 2 aromatic heterocycles. The molecule has 0 amide bonds. The maximum Gasteiger partial charge on any atom is 0.227 e. The summed E-state index contributed by atoms with van der Waals surface area (Å²) in [4.78, 5) is 11.7. The Morgan fingerprint density at radius 2 is 1.88 bits per heavy atom. The van der Waals surface area contributed by atoms with E-state index in [9.17, 15) is 4.39 Å². The largest absolute Gasteiger partial charge is 0.480 e. The molecule has 0 fully saturated rings. The topological polar surface area (TPSA) is 47.9 Å². The van der Waals surface area contributed by atoms with Crippen LogP contribution in [0.25, 0.3) is 10.9 Å². The molecule has 0 atom stereocenters. The second kappa shape index (κ2) is 4.80. The highest BCUT2D eigenvalue weighted by atomic mass is 35.5. The molecule has 0 radical (unpaired) electrons. The zero-order valence-corrected chi connectivity index (χ0v) is 11.1. The van der Waals surface area contributed by atoms with Crippen LogP contribution in [0, 0.1) is 5.82 Å². The molecular formula is C9H6Cl2FN3OS. The van der Waals surface area contributed by atoms with E-state index in [2.05, 4.69) is 15.0 Å². The first kappa shape index (κ1) is 12.6. The second-order valence-electron chi connectivity index (χ2n) is 2.95. The molecule has 0 N–H and O–H groups in total. The van der Waals surface area contributed by atoms with Crippen molar-refractivity contribution in [2.45, 2.75) is 5.16 Å². The molecule has 8 heteroatoms. The van der Waals surface area contributed by atoms with E-state index in [-0.39, 0.29) is 27.1 Å². The molecule has 0 saturated heterocycles. The Hall–Kier alpha value is -0.850. The molecule has 2 aromatic rings. The van der Waals surface area contributed by atoms with Crippen molar-refractivity contribution in [3.63, 3.8) is 0 Å². The van der Waals surface area contributed by atoms with E-state index in [1.807, 2.05) is 0 Å². The minimum absolute atomic E-state index is 0.00574. The van der Waals surface area contributed by atoms with Crippen molar-refractivity contribution in [1.82, 2.24) is 15.0 Å². The summed E-state index contributed by atoms with van der Waals surface area (Å²) in [6.45, 7) is 0. The molecule has 17 heavy (non-hydrogen) atoms. The van der Waals surface area contributed by atoms with Gasteiger partial charge in [0.05, 0.1) is 7.11 Å². The maximum atomic E-state index is 13.8. The van der Waals surface area contributed by atoms with E-state index in [4.69, 9.17) is 27.9 Å². The van der Waals surface area contributed by atoms with E-state index in [0.29, 0.717) is 5.16 Å². The Bertz CT molecular complexity index is 596. The van der Waals surface area contributed by atoms with Crippen LogP contribution >= 0.6 is 35.0 Å². The number of hydrogen-bond donors (Lipinski definition) is 0. The van der Waals surface area contributed by atoms with Gasteiger partial charge in [-0.1, -0.05) is 35.0 Å². The van der Waals surface area contributed by atoms with Gasteiger partial charge in [-0.15, -0.1) is 0 Å². The minimum atomic E-state index is -0.734. The van der Waals surface area contributed by atoms with Gasteiger partial charge in [-0.2, -0.15) is 4.98 Å². The quantitative estimate of drug-likeness (QED) is 0.368. The van der Waals surface area contributed by atoms with Crippen LogP contribution in [-0.2, 0) is 0 Å². The number of halogens is 3. The SMILES string of the molecule is COc1nc(Cl)c(F)c2nc(SC)nc(Cl)c12. The molecule has 0 aliphatic heterocycles. The lowest BCUT2D eigenvalue weighted by Gasteiger charge is -2.08. The number of aromatic nitrogens is 3. The Balaban J connectivity index is 2.92. The van der Waals surface area contributed by atoms with E-state index in [0.717, 1.165) is 0 Å². The van der Waals surface area contributed by atoms with Crippen molar-refractivity contribution in [3.05, 3.63) is 16.1 Å². The molecule has 4 nitrogen and oxygen atoms in total. The molecule has 2 rings (SSSR count). The molecule has 90 valence electrons. The van der Waals surface area contributed by atoms with E-state index in [1.165, 1.54) is 18.9 Å². The monoisotopic (exact) mass is 293 g/mol. The highest BCUT2D eigenvalue weighted by molar-refractivity contribution is 7.98. The first-order valence-electron chi connectivity index (χ1n) is 4.38. The lowest BCUT2D eigenvalue weighted by Crippen LogP contribution is -1.99. The average Bonchev–Trinajstić information content (AvgIpc) is 2.33. The van der Waals surface area contributed by atoms with Gasteiger partial charge in [0.15, 0.2) is 16.1 Å². The maximum absolute atomic E-state index is 13.8. The van der Waals surface area contributed by atoms with Gasteiger partial charge in [-0.25, -0.2) is 14.4 Å². The summed E-state index contributed by atoms with van der Waals surface area (Å²) in [6.07, 6.45) is 1.76. The highest BCUT2D eigenvalue weighted by Gasteiger charge is 2.19. The molecular weight excluding hydrogens is 288 g/mol. The van der Waals surface area contributed by atoms with Crippen LogP contribution in [0.5, 0.6) is 5.88 Å². The fourth-order valence-corrected chi connectivity index (χ4v) is 2.13. The zero-order valence-electron chi connectivity index (χ0n) is 8.79. The van der Waals surface area contributed by atoms with E-state index < -0.39 is 5.82 Å². The normalized spacial score (nSPS) is 10.9. The molecule has 0 aliphatic rings. The molecule has 2 heterocycles. The summed E-state index contributed by atoms with van der Waals surface area (Å²) in [7, 11) is 1.38. The van der Waals surface area contributed by atoms with E-state index >= 15 is 0 Å². The van der Waals surface area contributed by atoms with Crippen LogP contribution in [0.2, 0.25) is 10.3 Å². The number of hydrogen-bond acceptors (Lipinski definition) is 5. The molecule has 0 saturated carbocycles. The van der Waals surface area contributed by atoms with Crippen molar-refractivity contribution in [2.75, 3.05) is 13.4 Å². The summed E-state index contributed by atoms with van der Waals surface area (Å²) in [5.41, 5.74) is 0.00574. The third-order valence-corrected chi connectivity index (χ3v) is 3.09. The smallest absolute Gasteiger partial charge is 0.227 e. The number of ether oxygens (including phenoxy) is 1. The predicted octanol–water partition coefficient (Wildman–Crippen LogP) is 3.20. The number of fused-ring (bicyclic) bond motifs is 1. The molecule has 0 spiro atoms. The van der Waals surface area contributed by atoms with E-state index in [1.54, 1.807) is 6.26 Å². The first-order chi connectivity index (χ1) is 8.08. The van der Waals surface area contributed by atoms with Crippen molar-refractivity contribution in [1.29, 1.82) is 0 Å². The van der Waals surface area contributed by atoms with Crippen LogP contribution in [0.15, 0.2) is 5.16 Å². The Kier molecular flexibility index (Phi) is 3.56. The van der Waals surface area contributed by atoms with Gasteiger partial charge >= 0.3 is 0 Å². The number of pyridine rings is 1. The third-order valence-electron chi connectivity index (χ3n) is 2.02. The number of nitrogens with zero attached hydrogens (tertiary/aromatic N) is 3. The Labute approximate surface area is 111 Å². The molecule has 0 aromatic carbocycles. The molecule has 0 bridgehead atoms. The lowest BCUT2D eigenvalue weighted by molar-refractivity contribution is 0.401. The Morgan fingerprint density at radius 1 is 1.18 bits per heavy atom. The van der Waals surface area contributed by atoms with Crippen LogP contribution in [-0.4, -0.2) is 28.3 Å².